The summed E-state index contributed by atoms with van der Waals surface area (Å²) in [7, 11) is 0. The monoisotopic (exact) mass is 252 g/mol. The zero-order chi connectivity index (χ0) is 13.5. The highest BCUT2D eigenvalue weighted by atomic mass is 16.5. The maximum Gasteiger partial charge on any atom is 0.226 e. The van der Waals surface area contributed by atoms with E-state index in [-0.39, 0.29) is 17.7 Å². The Morgan fingerprint density at radius 2 is 2.28 bits per heavy atom. The lowest BCUT2D eigenvalue weighted by atomic mass is 9.88. The Kier molecular flexibility index (Phi) is 6.14. The Morgan fingerprint density at radius 3 is 2.83 bits per heavy atom. The molecule has 1 heterocycles. The van der Waals surface area contributed by atoms with Crippen molar-refractivity contribution >= 4 is 5.91 Å². The number of nitriles is 1. The van der Waals surface area contributed by atoms with Gasteiger partial charge in [0, 0.05) is 32.2 Å². The van der Waals surface area contributed by atoms with Crippen LogP contribution in [0.5, 0.6) is 0 Å². The van der Waals surface area contributed by atoms with Crippen molar-refractivity contribution in [2.45, 2.75) is 33.6 Å². The molecule has 1 saturated heterocycles. The zero-order valence-electron chi connectivity index (χ0n) is 11.7. The summed E-state index contributed by atoms with van der Waals surface area (Å²) in [6.45, 7) is 8.90. The molecule has 0 bridgehead atoms. The number of nitrogens with zero attached hydrogens (tertiary/aromatic N) is 2. The van der Waals surface area contributed by atoms with Crippen molar-refractivity contribution in [3.8, 4) is 6.07 Å². The second kappa shape index (κ2) is 7.38. The molecule has 0 aromatic carbocycles. The Hall–Kier alpha value is -1.08. The first-order valence-corrected chi connectivity index (χ1v) is 6.79. The third kappa shape index (κ3) is 4.30. The minimum atomic E-state index is 0.0659. The molecule has 0 spiro atoms. The van der Waals surface area contributed by atoms with Crippen LogP contribution in [0.1, 0.15) is 33.6 Å². The van der Waals surface area contributed by atoms with Crippen LogP contribution in [0.2, 0.25) is 0 Å². The van der Waals surface area contributed by atoms with E-state index in [4.69, 9.17) is 10.00 Å². The van der Waals surface area contributed by atoms with Crippen molar-refractivity contribution in [2.24, 2.45) is 17.8 Å². The number of carbonyl (C=O) groups is 1. The van der Waals surface area contributed by atoms with E-state index in [1.54, 1.807) is 0 Å². The van der Waals surface area contributed by atoms with Gasteiger partial charge < -0.3 is 9.64 Å². The van der Waals surface area contributed by atoms with E-state index in [1.165, 1.54) is 0 Å². The largest absolute Gasteiger partial charge is 0.381 e. The van der Waals surface area contributed by atoms with Crippen LogP contribution < -0.4 is 0 Å². The van der Waals surface area contributed by atoms with Crippen molar-refractivity contribution in [1.29, 1.82) is 5.26 Å². The second-order valence-electron chi connectivity index (χ2n) is 5.53. The minimum absolute atomic E-state index is 0.0659. The number of amides is 1. The fourth-order valence-electron chi connectivity index (χ4n) is 2.40. The van der Waals surface area contributed by atoms with Gasteiger partial charge in [-0.3, -0.25) is 4.79 Å². The molecular formula is C14H24N2O2. The van der Waals surface area contributed by atoms with E-state index in [2.05, 4.69) is 26.8 Å². The van der Waals surface area contributed by atoms with Gasteiger partial charge in [-0.25, -0.2) is 0 Å². The highest BCUT2D eigenvalue weighted by Crippen LogP contribution is 2.24. The van der Waals surface area contributed by atoms with Crippen LogP contribution in [-0.2, 0) is 9.53 Å². The third-order valence-corrected chi connectivity index (χ3v) is 3.35. The van der Waals surface area contributed by atoms with Crippen LogP contribution in [-0.4, -0.2) is 37.1 Å². The molecule has 1 rings (SSSR count). The number of hydrogen-bond donors (Lipinski definition) is 0. The molecule has 1 aliphatic heterocycles. The topological polar surface area (TPSA) is 53.3 Å². The highest BCUT2D eigenvalue weighted by Gasteiger charge is 2.31. The first kappa shape index (κ1) is 15.0. The smallest absolute Gasteiger partial charge is 0.226 e. The summed E-state index contributed by atoms with van der Waals surface area (Å²) < 4.78 is 5.38. The molecule has 2 unspecified atom stereocenters. The molecule has 1 fully saturated rings. The first-order valence-electron chi connectivity index (χ1n) is 6.79. The van der Waals surface area contributed by atoms with Gasteiger partial charge in [-0.2, -0.15) is 5.26 Å². The van der Waals surface area contributed by atoms with Crippen molar-refractivity contribution in [2.75, 3.05) is 26.3 Å². The molecule has 18 heavy (non-hydrogen) atoms. The SMILES string of the molecule is CC(C)CN(CCC#N)C(=O)C1CCOCC1C. The van der Waals surface area contributed by atoms with Crippen LogP contribution in [0.3, 0.4) is 0 Å². The van der Waals surface area contributed by atoms with Gasteiger partial charge in [-0.05, 0) is 18.3 Å². The van der Waals surface area contributed by atoms with E-state index in [9.17, 15) is 4.79 Å². The Labute approximate surface area is 110 Å². The lowest BCUT2D eigenvalue weighted by molar-refractivity contribution is -0.141. The van der Waals surface area contributed by atoms with Gasteiger partial charge in [0.05, 0.1) is 12.5 Å². The molecule has 0 aliphatic carbocycles. The van der Waals surface area contributed by atoms with Crippen LogP contribution in [0.25, 0.3) is 0 Å². The molecular weight excluding hydrogens is 228 g/mol. The molecule has 1 amide bonds. The molecule has 2 atom stereocenters. The molecule has 0 aromatic heterocycles. The normalized spacial score (nSPS) is 23.7. The molecule has 0 saturated carbocycles. The minimum Gasteiger partial charge on any atom is -0.381 e. The van der Waals surface area contributed by atoms with Gasteiger partial charge in [0.1, 0.15) is 0 Å². The number of ether oxygens (including phenoxy) is 1. The van der Waals surface area contributed by atoms with Crippen molar-refractivity contribution < 1.29 is 9.53 Å². The average molecular weight is 252 g/mol. The molecule has 1 aliphatic rings. The molecule has 0 aromatic rings. The fourth-order valence-corrected chi connectivity index (χ4v) is 2.40. The zero-order valence-corrected chi connectivity index (χ0v) is 11.7. The van der Waals surface area contributed by atoms with Gasteiger partial charge in [0.2, 0.25) is 5.91 Å². The van der Waals surface area contributed by atoms with Gasteiger partial charge in [-0.1, -0.05) is 20.8 Å². The maximum absolute atomic E-state index is 12.5. The Morgan fingerprint density at radius 1 is 1.56 bits per heavy atom. The fraction of sp³-hybridized carbons (Fsp3) is 0.857. The maximum atomic E-state index is 12.5. The van der Waals surface area contributed by atoms with Crippen LogP contribution in [0, 0.1) is 29.1 Å². The van der Waals surface area contributed by atoms with Gasteiger partial charge >= 0.3 is 0 Å². The van der Waals surface area contributed by atoms with Gasteiger partial charge in [0.15, 0.2) is 0 Å². The first-order chi connectivity index (χ1) is 8.56. The molecule has 0 N–H and O–H groups in total. The Bertz CT molecular complexity index is 309. The number of carbonyl (C=O) groups excluding carboxylic acids is 1. The summed E-state index contributed by atoms with van der Waals surface area (Å²) in [5.41, 5.74) is 0. The van der Waals surface area contributed by atoms with E-state index >= 15 is 0 Å². The summed E-state index contributed by atoms with van der Waals surface area (Å²) in [4.78, 5) is 14.4. The summed E-state index contributed by atoms with van der Waals surface area (Å²) in [5.74, 6) is 0.983. The lowest BCUT2D eigenvalue weighted by Gasteiger charge is -2.33. The van der Waals surface area contributed by atoms with Gasteiger partial charge in [0.25, 0.3) is 0 Å². The summed E-state index contributed by atoms with van der Waals surface area (Å²) in [6, 6.07) is 2.12. The van der Waals surface area contributed by atoms with E-state index < -0.39 is 0 Å². The molecule has 102 valence electrons. The molecule has 0 radical (unpaired) electrons. The van der Waals surface area contributed by atoms with Gasteiger partial charge in [-0.15, -0.1) is 0 Å². The van der Waals surface area contributed by atoms with E-state index in [0.29, 0.717) is 32.1 Å². The van der Waals surface area contributed by atoms with Crippen LogP contribution in [0.15, 0.2) is 0 Å². The number of rotatable bonds is 5. The Balaban J connectivity index is 2.64. The van der Waals surface area contributed by atoms with Crippen molar-refractivity contribution in [3.63, 3.8) is 0 Å². The standard InChI is InChI=1S/C14H24N2O2/c1-11(2)9-16(7-4-6-15)14(17)13-5-8-18-10-12(13)3/h11-13H,4-5,7-10H2,1-3H3. The van der Waals surface area contributed by atoms with Crippen LogP contribution >= 0.6 is 0 Å². The summed E-state index contributed by atoms with van der Waals surface area (Å²) in [6.07, 6.45) is 1.22. The second-order valence-corrected chi connectivity index (χ2v) is 5.53. The number of hydrogen-bond acceptors (Lipinski definition) is 3. The average Bonchev–Trinajstić information content (AvgIpc) is 2.34. The third-order valence-electron chi connectivity index (χ3n) is 3.35. The summed E-state index contributed by atoms with van der Waals surface area (Å²) in [5, 5.41) is 8.69. The molecule has 4 nitrogen and oxygen atoms in total. The highest BCUT2D eigenvalue weighted by molar-refractivity contribution is 5.79. The summed E-state index contributed by atoms with van der Waals surface area (Å²) >= 11 is 0. The van der Waals surface area contributed by atoms with Crippen LogP contribution in [0.4, 0.5) is 0 Å². The molecule has 4 heteroatoms. The predicted molar refractivity (Wildman–Crippen MR) is 69.7 cm³/mol. The van der Waals surface area contributed by atoms with E-state index in [1.807, 2.05) is 4.90 Å². The van der Waals surface area contributed by atoms with Crippen molar-refractivity contribution in [3.05, 3.63) is 0 Å². The van der Waals surface area contributed by atoms with E-state index in [0.717, 1.165) is 13.0 Å². The quantitative estimate of drug-likeness (QED) is 0.752. The lowest BCUT2D eigenvalue weighted by Crippen LogP contribution is -2.43. The predicted octanol–water partition coefficient (Wildman–Crippen LogP) is 2.06. The van der Waals surface area contributed by atoms with Crippen molar-refractivity contribution in [1.82, 2.24) is 4.90 Å².